The normalized spacial score (nSPS) is 11.7. The zero-order valence-electron chi connectivity index (χ0n) is 29.5. The van der Waals surface area contributed by atoms with Gasteiger partial charge in [-0.3, -0.25) is 0 Å². The van der Waals surface area contributed by atoms with Crippen LogP contribution >= 0.6 is 0 Å². The molecule has 0 amide bonds. The summed E-state index contributed by atoms with van der Waals surface area (Å²) in [6.07, 6.45) is 0. The van der Waals surface area contributed by atoms with Gasteiger partial charge in [0.1, 0.15) is 0 Å². The summed E-state index contributed by atoms with van der Waals surface area (Å²) in [5.74, 6) is 0. The Hall–Kier alpha value is -7.16. The second-order valence-electron chi connectivity index (χ2n) is 14.2. The number of hydrogen-bond acceptors (Lipinski definition) is 0. The Morgan fingerprint density at radius 3 is 1.26 bits per heavy atom. The van der Waals surface area contributed by atoms with Crippen LogP contribution in [0.4, 0.5) is 0 Å². The molecule has 0 radical (unpaired) electrons. The Labute approximate surface area is 313 Å². The Balaban J connectivity index is 0.954. The number of benzene rings is 9. The highest BCUT2D eigenvalue weighted by Crippen LogP contribution is 2.38. The van der Waals surface area contributed by atoms with E-state index in [0.29, 0.717) is 0 Å². The van der Waals surface area contributed by atoms with Crippen LogP contribution in [0, 0.1) is 0 Å². The third-order valence-electron chi connectivity index (χ3n) is 11.1. The average molecular weight is 687 g/mol. The second kappa shape index (κ2) is 12.2. The topological polar surface area (TPSA) is 9.86 Å². The van der Waals surface area contributed by atoms with Gasteiger partial charge in [-0.25, -0.2) is 0 Å². The molecule has 9 aromatic carbocycles. The maximum absolute atomic E-state index is 2.40. The van der Waals surface area contributed by atoms with Crippen molar-refractivity contribution in [2.45, 2.75) is 0 Å². The molecule has 0 fully saturated rings. The van der Waals surface area contributed by atoms with E-state index in [9.17, 15) is 0 Å². The highest BCUT2D eigenvalue weighted by molar-refractivity contribution is 6.12. The van der Waals surface area contributed by atoms with Crippen molar-refractivity contribution < 1.29 is 0 Å². The summed E-state index contributed by atoms with van der Waals surface area (Å²) in [6, 6.07) is 75.1. The molecule has 0 saturated carbocycles. The smallest absolute Gasteiger partial charge is 0.0541 e. The molecule has 11 aromatic rings. The molecular formula is C52H34N2. The average Bonchev–Trinajstić information content (AvgIpc) is 3.76. The lowest BCUT2D eigenvalue weighted by Crippen LogP contribution is -1.94. The predicted octanol–water partition coefficient (Wildman–Crippen LogP) is 14.0. The quantitative estimate of drug-likeness (QED) is 0.171. The van der Waals surface area contributed by atoms with Crippen molar-refractivity contribution in [2.24, 2.45) is 0 Å². The molecule has 0 aliphatic rings. The Kier molecular flexibility index (Phi) is 6.90. The Bertz CT molecular complexity index is 3180. The van der Waals surface area contributed by atoms with Crippen LogP contribution in [0.1, 0.15) is 0 Å². The first-order valence-corrected chi connectivity index (χ1v) is 18.6. The molecule has 0 atom stereocenters. The van der Waals surface area contributed by atoms with Gasteiger partial charge in [-0.15, -0.1) is 0 Å². The number of nitrogens with zero attached hydrogens (tertiary/aromatic N) is 2. The van der Waals surface area contributed by atoms with Gasteiger partial charge >= 0.3 is 0 Å². The lowest BCUT2D eigenvalue weighted by Gasteiger charge is -2.11. The first-order chi connectivity index (χ1) is 26.8. The van der Waals surface area contributed by atoms with Gasteiger partial charge < -0.3 is 9.13 Å². The van der Waals surface area contributed by atoms with E-state index in [1.807, 2.05) is 0 Å². The fourth-order valence-corrected chi connectivity index (χ4v) is 8.56. The van der Waals surface area contributed by atoms with Crippen molar-refractivity contribution in [1.82, 2.24) is 9.13 Å². The van der Waals surface area contributed by atoms with Gasteiger partial charge in [0.25, 0.3) is 0 Å². The summed E-state index contributed by atoms with van der Waals surface area (Å²) in [5, 5.41) is 7.58. The van der Waals surface area contributed by atoms with Crippen molar-refractivity contribution >= 4 is 54.4 Å². The zero-order chi connectivity index (χ0) is 35.6. The van der Waals surface area contributed by atoms with Gasteiger partial charge in [-0.2, -0.15) is 0 Å². The predicted molar refractivity (Wildman–Crippen MR) is 229 cm³/mol. The molecule has 0 saturated heterocycles. The first kappa shape index (κ1) is 30.5. The largest absolute Gasteiger partial charge is 0.309 e. The summed E-state index contributed by atoms with van der Waals surface area (Å²) >= 11 is 0. The van der Waals surface area contributed by atoms with E-state index in [0.717, 1.165) is 5.69 Å². The maximum atomic E-state index is 2.40. The van der Waals surface area contributed by atoms with E-state index in [2.05, 4.69) is 215 Å². The minimum atomic E-state index is 1.16. The number of hydrogen-bond donors (Lipinski definition) is 0. The third-order valence-corrected chi connectivity index (χ3v) is 11.1. The molecule has 11 rings (SSSR count). The number of para-hydroxylation sites is 3. The molecule has 54 heavy (non-hydrogen) atoms. The van der Waals surface area contributed by atoms with E-state index in [4.69, 9.17) is 0 Å². The fourth-order valence-electron chi connectivity index (χ4n) is 8.56. The lowest BCUT2D eigenvalue weighted by atomic mass is 9.98. The van der Waals surface area contributed by atoms with Crippen molar-refractivity contribution in [3.8, 4) is 44.8 Å². The molecule has 0 N–H and O–H groups in total. The van der Waals surface area contributed by atoms with Gasteiger partial charge in [-0.1, -0.05) is 146 Å². The minimum absolute atomic E-state index is 1.16. The van der Waals surface area contributed by atoms with Crippen molar-refractivity contribution in [3.05, 3.63) is 206 Å². The second-order valence-corrected chi connectivity index (χ2v) is 14.2. The van der Waals surface area contributed by atoms with E-state index in [1.54, 1.807) is 0 Å². The standard InChI is InChI=1S/C52H34N2/c1-2-13-41(14-3-1)53-49-19-8-6-16-45(49)47-33-39(27-31-51(47)53)35-21-23-36(24-22-35)40-28-32-52-48(34-40)46-17-7-9-20-50(46)54(52)42-29-25-38(26-30-42)44-18-10-12-37-11-4-5-15-43(37)44/h1-34H. The van der Waals surface area contributed by atoms with Crippen molar-refractivity contribution in [3.63, 3.8) is 0 Å². The highest BCUT2D eigenvalue weighted by Gasteiger charge is 2.15. The molecule has 2 aromatic heterocycles. The highest BCUT2D eigenvalue weighted by atomic mass is 15.0. The molecule has 0 aliphatic carbocycles. The molecule has 2 heteroatoms. The van der Waals surface area contributed by atoms with Crippen molar-refractivity contribution in [2.75, 3.05) is 0 Å². The van der Waals surface area contributed by atoms with Gasteiger partial charge in [0, 0.05) is 32.9 Å². The van der Waals surface area contributed by atoms with Gasteiger partial charge in [0.05, 0.1) is 22.1 Å². The van der Waals surface area contributed by atoms with E-state index in [-0.39, 0.29) is 0 Å². The molecule has 252 valence electrons. The zero-order valence-corrected chi connectivity index (χ0v) is 29.5. The SMILES string of the molecule is c1ccc(-n2c3ccccc3c3cc(-c4ccc(-c5ccc6c(c5)c5ccccc5n6-c5ccc(-c6cccc7ccccc67)cc5)cc4)ccc32)cc1. The Morgan fingerprint density at radius 2 is 0.667 bits per heavy atom. The van der Waals surface area contributed by atoms with E-state index in [1.165, 1.54) is 93.5 Å². The summed E-state index contributed by atoms with van der Waals surface area (Å²) < 4.78 is 4.77. The molecule has 0 unspecified atom stereocenters. The van der Waals surface area contributed by atoms with Crippen LogP contribution in [0.5, 0.6) is 0 Å². The minimum Gasteiger partial charge on any atom is -0.309 e. The van der Waals surface area contributed by atoms with Crippen LogP contribution in [0.15, 0.2) is 206 Å². The summed E-state index contributed by atoms with van der Waals surface area (Å²) in [5.41, 5.74) is 14.5. The van der Waals surface area contributed by atoms with E-state index < -0.39 is 0 Å². The van der Waals surface area contributed by atoms with Gasteiger partial charge in [0.15, 0.2) is 0 Å². The maximum Gasteiger partial charge on any atom is 0.0541 e. The number of aromatic nitrogens is 2. The number of rotatable bonds is 5. The molecule has 0 bridgehead atoms. The lowest BCUT2D eigenvalue weighted by molar-refractivity contribution is 1.18. The summed E-state index contributed by atoms with van der Waals surface area (Å²) in [7, 11) is 0. The molecule has 0 spiro atoms. The van der Waals surface area contributed by atoms with Crippen LogP contribution in [-0.4, -0.2) is 9.13 Å². The first-order valence-electron chi connectivity index (χ1n) is 18.6. The molecule has 2 nitrogen and oxygen atoms in total. The van der Waals surface area contributed by atoms with Crippen molar-refractivity contribution in [1.29, 1.82) is 0 Å². The Morgan fingerprint density at radius 1 is 0.241 bits per heavy atom. The van der Waals surface area contributed by atoms with Crippen LogP contribution in [0.2, 0.25) is 0 Å². The third kappa shape index (κ3) is 4.81. The number of fused-ring (bicyclic) bond motifs is 7. The monoisotopic (exact) mass is 686 g/mol. The van der Waals surface area contributed by atoms with Crippen LogP contribution in [0.3, 0.4) is 0 Å². The van der Waals surface area contributed by atoms with Gasteiger partial charge in [-0.05, 0) is 105 Å². The van der Waals surface area contributed by atoms with Gasteiger partial charge in [0.2, 0.25) is 0 Å². The summed E-state index contributed by atoms with van der Waals surface area (Å²) in [6.45, 7) is 0. The van der Waals surface area contributed by atoms with Crippen LogP contribution < -0.4 is 0 Å². The van der Waals surface area contributed by atoms with Crippen LogP contribution in [-0.2, 0) is 0 Å². The fraction of sp³-hybridized carbons (Fsp3) is 0. The molecule has 0 aliphatic heterocycles. The molecular weight excluding hydrogens is 653 g/mol. The summed E-state index contributed by atoms with van der Waals surface area (Å²) in [4.78, 5) is 0. The van der Waals surface area contributed by atoms with Crippen LogP contribution in [0.25, 0.3) is 99.1 Å². The van der Waals surface area contributed by atoms with E-state index >= 15 is 0 Å². The molecule has 2 heterocycles.